The summed E-state index contributed by atoms with van der Waals surface area (Å²) < 4.78 is 63.7. The van der Waals surface area contributed by atoms with E-state index in [-0.39, 0.29) is 57.5 Å². The van der Waals surface area contributed by atoms with Crippen molar-refractivity contribution in [2.75, 3.05) is 83.8 Å². The highest BCUT2D eigenvalue weighted by molar-refractivity contribution is 7.98. The van der Waals surface area contributed by atoms with Gasteiger partial charge in [0.1, 0.15) is 35.8 Å². The number of sulfonamides is 2. The lowest BCUT2D eigenvalue weighted by atomic mass is 9.87. The second kappa shape index (κ2) is 23.4. The van der Waals surface area contributed by atoms with E-state index in [4.69, 9.17) is 19.4 Å². The van der Waals surface area contributed by atoms with Gasteiger partial charge in [0.25, 0.3) is 0 Å². The van der Waals surface area contributed by atoms with Crippen LogP contribution in [0.3, 0.4) is 0 Å². The number of amides is 4. The molecule has 6 aromatic rings. The van der Waals surface area contributed by atoms with Gasteiger partial charge in [0.15, 0.2) is 0 Å². The Balaban J connectivity index is 0.979. The number of rotatable bonds is 15. The zero-order valence-corrected chi connectivity index (χ0v) is 46.9. The number of thiol groups is 1. The van der Waals surface area contributed by atoms with E-state index in [1.807, 2.05) is 36.6 Å². The Hall–Kier alpha value is -6.18. The fourth-order valence-corrected chi connectivity index (χ4v) is 13.0. The minimum Gasteiger partial charge on any atom is -0.453 e. The van der Waals surface area contributed by atoms with Crippen LogP contribution < -0.4 is 10.6 Å². The molecule has 2 saturated heterocycles. The molecule has 77 heavy (non-hydrogen) atoms. The van der Waals surface area contributed by atoms with Gasteiger partial charge in [-0.2, -0.15) is 33.0 Å². The van der Waals surface area contributed by atoms with Gasteiger partial charge in [0.05, 0.1) is 48.8 Å². The van der Waals surface area contributed by atoms with Crippen molar-refractivity contribution < 1.29 is 45.5 Å². The van der Waals surface area contributed by atoms with Crippen LogP contribution in [0.4, 0.5) is 9.59 Å². The zero-order chi connectivity index (χ0) is 54.8. The lowest BCUT2D eigenvalue weighted by Gasteiger charge is -2.40. The Morgan fingerprint density at radius 3 is 1.49 bits per heavy atom. The fraction of sp³-hybridized carbons (Fsp3) is 0.434. The highest BCUT2D eigenvalue weighted by Gasteiger charge is 2.41. The van der Waals surface area contributed by atoms with Crippen molar-refractivity contribution >= 4 is 90.5 Å². The molecule has 2 fully saturated rings. The number of alkyl carbamates (subject to hydrolysis) is 2. The van der Waals surface area contributed by atoms with E-state index in [1.54, 1.807) is 21.6 Å². The molecule has 4 atom stereocenters. The Kier molecular flexibility index (Phi) is 16.9. The molecule has 410 valence electrons. The minimum absolute atomic E-state index is 0.00778. The van der Waals surface area contributed by atoms with Crippen molar-refractivity contribution in [1.29, 1.82) is 0 Å². The molecule has 0 unspecified atom stereocenters. The quantitative estimate of drug-likeness (QED) is 0.0802. The first-order chi connectivity index (χ1) is 36.8. The average Bonchev–Trinajstić information content (AvgIpc) is 4.07. The van der Waals surface area contributed by atoms with Gasteiger partial charge in [0, 0.05) is 39.3 Å². The lowest BCUT2D eigenvalue weighted by molar-refractivity contribution is -0.138. The van der Waals surface area contributed by atoms with Crippen molar-refractivity contribution in [2.45, 2.75) is 62.7 Å². The number of carbonyl (C=O) groups is 4. The second-order valence-corrected chi connectivity index (χ2v) is 25.1. The first kappa shape index (κ1) is 55.6. The number of aromatic nitrogens is 4. The summed E-state index contributed by atoms with van der Waals surface area (Å²) in [5.74, 6) is 1.05. The number of fused-ring (bicyclic) bond motifs is 2. The van der Waals surface area contributed by atoms with E-state index in [9.17, 15) is 36.0 Å². The molecule has 4 N–H and O–H groups in total. The van der Waals surface area contributed by atoms with Crippen LogP contribution in [0, 0.1) is 0 Å². The first-order valence-corrected chi connectivity index (χ1v) is 31.1. The number of aromatic amines is 2. The van der Waals surface area contributed by atoms with Gasteiger partial charge < -0.3 is 39.9 Å². The van der Waals surface area contributed by atoms with Crippen LogP contribution in [0.25, 0.3) is 44.3 Å². The van der Waals surface area contributed by atoms with Crippen LogP contribution in [0.15, 0.2) is 72.8 Å². The summed E-state index contributed by atoms with van der Waals surface area (Å²) in [5.41, 5.74) is 11.5. The van der Waals surface area contributed by atoms with Crippen LogP contribution in [0.5, 0.6) is 0 Å². The number of nitrogens with one attached hydrogen (secondary N) is 4. The van der Waals surface area contributed by atoms with Crippen molar-refractivity contribution in [3.05, 3.63) is 107 Å². The number of ether oxygens (including phenoxy) is 2. The van der Waals surface area contributed by atoms with Crippen LogP contribution in [-0.4, -0.2) is 175 Å². The molecule has 4 bridgehead atoms. The maximum atomic E-state index is 14.2. The third-order valence-corrected chi connectivity index (χ3v) is 18.2. The normalized spacial score (nSPS) is 18.4. The summed E-state index contributed by atoms with van der Waals surface area (Å²) in [7, 11) is -4.75. The number of benzene rings is 4. The van der Waals surface area contributed by atoms with E-state index < -0.39 is 56.4 Å². The highest BCUT2D eigenvalue weighted by atomic mass is 32.2. The number of methoxy groups -OCH3 is 2. The van der Waals surface area contributed by atoms with Gasteiger partial charge in [-0.05, 0) is 125 Å². The van der Waals surface area contributed by atoms with E-state index in [0.717, 1.165) is 93.7 Å². The zero-order valence-electron chi connectivity index (χ0n) is 43.6. The summed E-state index contributed by atoms with van der Waals surface area (Å²) >= 11 is 5.86. The number of H-pyrrole nitrogens is 2. The Morgan fingerprint density at radius 2 is 1.09 bits per heavy atom. The molecule has 4 aliphatic carbocycles. The minimum atomic E-state index is -3.61. The standard InChI is InChI=1S/C53H64N10O10S4/c1-72-52(66)58-42(18-24-74)50(64)62-22-20-60(76(4,68)69)30-46(62)48-54-40-16-14-36(28-44(40)56-48)38-26-32-6-10-34(38)11-7-33-9-13-35(12-8-32)39(27-33)37-15-17-41-45(29-37)57-49(55-41)47-31-61(77(5,70)71)21-23-63(47)51(65)43(19-25-75-3)59-53(67)73-2/h6,9-10,13-17,26-29,42-43,46-47,74H,7-8,11-12,18-25,30-31H2,1-5H3,(H,54,56)(H,55,57)(H,58,66)(H,59,67)/t42-,43-,46-,47-/m0/s1. The van der Waals surface area contributed by atoms with Crippen LogP contribution in [0.2, 0.25) is 0 Å². The van der Waals surface area contributed by atoms with E-state index >= 15 is 0 Å². The molecule has 0 spiro atoms. The third-order valence-electron chi connectivity index (χ3n) is 14.7. The number of hydrogen-bond donors (Lipinski definition) is 5. The molecule has 4 heterocycles. The van der Waals surface area contributed by atoms with Gasteiger partial charge in [-0.1, -0.05) is 48.5 Å². The summed E-state index contributed by atoms with van der Waals surface area (Å²) in [4.78, 5) is 72.9. The van der Waals surface area contributed by atoms with Crippen molar-refractivity contribution in [3.8, 4) is 22.3 Å². The van der Waals surface area contributed by atoms with Gasteiger partial charge in [-0.15, -0.1) is 0 Å². The number of piperazine rings is 2. The summed E-state index contributed by atoms with van der Waals surface area (Å²) in [6, 6.07) is 22.0. The number of carbonyl (C=O) groups excluding carboxylic acids is 4. The average molecular weight is 1130 g/mol. The number of nitrogens with zero attached hydrogens (tertiary/aromatic N) is 6. The Bertz CT molecular complexity index is 3440. The van der Waals surface area contributed by atoms with E-state index in [2.05, 4.69) is 75.7 Å². The number of aryl methyl sites for hydroxylation is 4. The summed E-state index contributed by atoms with van der Waals surface area (Å²) in [5, 5.41) is 5.29. The van der Waals surface area contributed by atoms with Crippen molar-refractivity contribution in [3.63, 3.8) is 0 Å². The molecule has 0 saturated carbocycles. The number of thioether (sulfide) groups is 1. The summed E-state index contributed by atoms with van der Waals surface area (Å²) in [6.45, 7) is 0.357. The molecule has 2 aromatic heterocycles. The Labute approximate surface area is 457 Å². The first-order valence-electron chi connectivity index (χ1n) is 25.4. The van der Waals surface area contributed by atoms with Gasteiger partial charge in [-0.25, -0.2) is 36.4 Å². The maximum Gasteiger partial charge on any atom is 0.407 e. The molecule has 2 aliphatic heterocycles. The third kappa shape index (κ3) is 12.4. The van der Waals surface area contributed by atoms with Crippen LogP contribution >= 0.6 is 24.4 Å². The van der Waals surface area contributed by atoms with Gasteiger partial charge >= 0.3 is 12.2 Å². The van der Waals surface area contributed by atoms with Gasteiger partial charge in [0.2, 0.25) is 31.9 Å². The number of hydrogen-bond acceptors (Lipinski definition) is 14. The molecule has 4 aromatic carbocycles. The Morgan fingerprint density at radius 1 is 0.649 bits per heavy atom. The largest absolute Gasteiger partial charge is 0.453 e. The van der Waals surface area contributed by atoms with E-state index in [0.29, 0.717) is 40.6 Å². The van der Waals surface area contributed by atoms with Crippen LogP contribution in [-0.2, 0) is 64.8 Å². The van der Waals surface area contributed by atoms with Crippen LogP contribution in [0.1, 0.15) is 58.8 Å². The number of imidazole rings is 2. The topological polar surface area (TPSA) is 249 Å². The van der Waals surface area contributed by atoms with Gasteiger partial charge in [-0.3, -0.25) is 9.59 Å². The predicted octanol–water partition coefficient (Wildman–Crippen LogP) is 5.47. The van der Waals surface area contributed by atoms with Crippen molar-refractivity contribution in [2.24, 2.45) is 0 Å². The SMILES string of the molecule is COC(=O)N[C@@H](CCS)C(=O)N1CCN(S(C)(=O)=O)C[C@H]1c1nc2cc(-c3cc4ccc3CCc3ccc(c(-c5ccc6[nH]c([C@@H]7CN(S(C)(=O)=O)CCN7C(=O)[C@H](CCSC)NC(=O)OC)nc6c5)c3)CC4)ccc2[nH]1. The molecular formula is C53H64N10O10S4. The second-order valence-electron chi connectivity index (χ2n) is 19.7. The summed E-state index contributed by atoms with van der Waals surface area (Å²) in [6.07, 6.45) is 6.30. The molecule has 12 rings (SSSR count). The molecule has 20 nitrogen and oxygen atoms in total. The monoisotopic (exact) mass is 1130 g/mol. The lowest BCUT2D eigenvalue weighted by Crippen LogP contribution is -2.57. The molecular weight excluding hydrogens is 1060 g/mol. The maximum absolute atomic E-state index is 14.2. The smallest absolute Gasteiger partial charge is 0.407 e. The molecule has 24 heteroatoms. The molecule has 0 radical (unpaired) electrons. The highest BCUT2D eigenvalue weighted by Crippen LogP contribution is 2.36. The van der Waals surface area contributed by atoms with Crippen molar-refractivity contribution in [1.82, 2.24) is 49.0 Å². The molecule has 6 aliphatic rings. The molecule has 4 amide bonds. The predicted molar refractivity (Wildman–Crippen MR) is 300 cm³/mol. The fourth-order valence-electron chi connectivity index (χ4n) is 10.6. The van der Waals surface area contributed by atoms with E-state index in [1.165, 1.54) is 22.8 Å².